The molecule has 0 aliphatic carbocycles. The molecule has 0 spiro atoms. The van der Waals surface area contributed by atoms with Crippen molar-refractivity contribution in [3.63, 3.8) is 0 Å². The van der Waals surface area contributed by atoms with Crippen LogP contribution in [0.5, 0.6) is 0 Å². The summed E-state index contributed by atoms with van der Waals surface area (Å²) in [6, 6.07) is 11.7. The highest BCUT2D eigenvalue weighted by Crippen LogP contribution is 2.28. The number of carbonyl (C=O) groups is 2. The molecule has 0 aliphatic heterocycles. The molecule has 0 saturated carbocycles. The summed E-state index contributed by atoms with van der Waals surface area (Å²) in [5.74, 6) is -0.742. The van der Waals surface area contributed by atoms with E-state index in [1.54, 1.807) is 38.1 Å². The number of fused-ring (bicyclic) bond motifs is 2. The maximum Gasteiger partial charge on any atom is 0.338 e. The third-order valence-electron chi connectivity index (χ3n) is 5.38. The molecule has 1 atom stereocenters. The number of aryl methyl sites for hydroxylation is 2. The number of anilines is 1. The molecule has 2 aromatic carbocycles. The summed E-state index contributed by atoms with van der Waals surface area (Å²) in [5, 5.41) is 4.16. The van der Waals surface area contributed by atoms with Gasteiger partial charge in [-0.3, -0.25) is 14.2 Å². The summed E-state index contributed by atoms with van der Waals surface area (Å²) in [5.41, 5.74) is 3.43. The smallest absolute Gasteiger partial charge is 0.338 e. The number of rotatable bonds is 5. The van der Waals surface area contributed by atoms with E-state index in [0.29, 0.717) is 22.8 Å². The number of carbonyl (C=O) groups excluding carboxylic acids is 2. The highest BCUT2D eigenvalue weighted by atomic mass is 32.1. The van der Waals surface area contributed by atoms with Crippen molar-refractivity contribution in [1.29, 1.82) is 0 Å². The first kappa shape index (κ1) is 21.7. The Morgan fingerprint density at radius 1 is 1.16 bits per heavy atom. The number of ether oxygens (including phenoxy) is 1. The number of hydrogen-bond donors (Lipinski definition) is 1. The van der Waals surface area contributed by atoms with Crippen molar-refractivity contribution in [3.8, 4) is 0 Å². The standard InChI is InChI=1S/C24H23N3O4S/c1-5-31-23(30)16-9-10-18-19(12-16)32-24(25-18)26-22(29)15(4)27-20(28)11-14(3)17-8-6-7-13(2)21(17)27/h6-12,15H,5H2,1-4H3,(H,25,26,29). The van der Waals surface area contributed by atoms with Crippen molar-refractivity contribution in [2.75, 3.05) is 11.9 Å². The summed E-state index contributed by atoms with van der Waals surface area (Å²) in [4.78, 5) is 42.3. The molecule has 0 fully saturated rings. The number of hydrogen-bond acceptors (Lipinski definition) is 6. The Bertz CT molecular complexity index is 1420. The Labute approximate surface area is 188 Å². The number of benzene rings is 2. The lowest BCUT2D eigenvalue weighted by molar-refractivity contribution is -0.118. The molecule has 0 saturated heterocycles. The van der Waals surface area contributed by atoms with Crippen LogP contribution in [0.1, 0.15) is 41.4 Å². The lowest BCUT2D eigenvalue weighted by Gasteiger charge is -2.19. The van der Waals surface area contributed by atoms with E-state index in [0.717, 1.165) is 26.7 Å². The van der Waals surface area contributed by atoms with Crippen LogP contribution >= 0.6 is 11.3 Å². The number of amides is 1. The van der Waals surface area contributed by atoms with Gasteiger partial charge in [0.1, 0.15) is 6.04 Å². The molecule has 32 heavy (non-hydrogen) atoms. The van der Waals surface area contributed by atoms with Gasteiger partial charge in [-0.15, -0.1) is 0 Å². The van der Waals surface area contributed by atoms with E-state index in [1.165, 1.54) is 15.9 Å². The summed E-state index contributed by atoms with van der Waals surface area (Å²) >= 11 is 1.26. The fourth-order valence-corrected chi connectivity index (χ4v) is 4.68. The number of thiazole rings is 1. The van der Waals surface area contributed by atoms with Gasteiger partial charge >= 0.3 is 5.97 Å². The van der Waals surface area contributed by atoms with E-state index in [2.05, 4.69) is 10.3 Å². The van der Waals surface area contributed by atoms with Gasteiger partial charge in [0.15, 0.2) is 5.13 Å². The zero-order valence-corrected chi connectivity index (χ0v) is 19.1. The van der Waals surface area contributed by atoms with Gasteiger partial charge in [-0.1, -0.05) is 29.5 Å². The predicted octanol–water partition coefficient (Wildman–Crippen LogP) is 4.60. The largest absolute Gasteiger partial charge is 0.462 e. The Morgan fingerprint density at radius 3 is 2.69 bits per heavy atom. The first-order chi connectivity index (χ1) is 15.3. The molecule has 4 rings (SSSR count). The second kappa shape index (κ2) is 8.55. The zero-order valence-electron chi connectivity index (χ0n) is 18.3. The van der Waals surface area contributed by atoms with E-state index in [9.17, 15) is 14.4 Å². The molecule has 0 aliphatic rings. The number of para-hydroxylation sites is 1. The van der Waals surface area contributed by atoms with Crippen molar-refractivity contribution < 1.29 is 14.3 Å². The van der Waals surface area contributed by atoms with Crippen molar-refractivity contribution in [3.05, 3.63) is 69.5 Å². The fourth-order valence-electron chi connectivity index (χ4n) is 3.77. The van der Waals surface area contributed by atoms with Crippen LogP contribution in [-0.2, 0) is 9.53 Å². The van der Waals surface area contributed by atoms with Gasteiger partial charge in [0.05, 0.1) is 27.9 Å². The lowest BCUT2D eigenvalue weighted by atomic mass is 10.1. The fraction of sp³-hybridized carbons (Fsp3) is 0.250. The maximum atomic E-state index is 13.1. The van der Waals surface area contributed by atoms with E-state index in [1.807, 2.05) is 32.0 Å². The van der Waals surface area contributed by atoms with Crippen LogP contribution < -0.4 is 10.9 Å². The normalized spacial score (nSPS) is 12.1. The minimum absolute atomic E-state index is 0.227. The summed E-state index contributed by atoms with van der Waals surface area (Å²) in [7, 11) is 0. The molecule has 2 heterocycles. The monoisotopic (exact) mass is 449 g/mol. The van der Waals surface area contributed by atoms with E-state index >= 15 is 0 Å². The van der Waals surface area contributed by atoms with Crippen LogP contribution in [-0.4, -0.2) is 28.0 Å². The third-order valence-corrected chi connectivity index (χ3v) is 6.31. The first-order valence-corrected chi connectivity index (χ1v) is 11.1. The van der Waals surface area contributed by atoms with Gasteiger partial charge in [-0.2, -0.15) is 0 Å². The third kappa shape index (κ3) is 3.89. The average Bonchev–Trinajstić information content (AvgIpc) is 3.15. The lowest BCUT2D eigenvalue weighted by Crippen LogP contribution is -2.32. The second-order valence-corrected chi connectivity index (χ2v) is 8.62. The molecule has 0 radical (unpaired) electrons. The Balaban J connectivity index is 1.66. The number of esters is 1. The van der Waals surface area contributed by atoms with E-state index in [4.69, 9.17) is 4.74 Å². The molecular formula is C24H23N3O4S. The number of nitrogens with one attached hydrogen (secondary N) is 1. The molecule has 0 bridgehead atoms. The van der Waals surface area contributed by atoms with Gasteiger partial charge in [-0.25, -0.2) is 9.78 Å². The van der Waals surface area contributed by atoms with E-state index < -0.39 is 12.0 Å². The van der Waals surface area contributed by atoms with Gasteiger partial charge < -0.3 is 10.1 Å². The summed E-state index contributed by atoms with van der Waals surface area (Å²) < 4.78 is 7.32. The van der Waals surface area contributed by atoms with Crippen LogP contribution in [0.15, 0.2) is 47.3 Å². The summed E-state index contributed by atoms with van der Waals surface area (Å²) in [6.45, 7) is 7.57. The molecule has 1 amide bonds. The molecule has 2 aromatic heterocycles. The highest BCUT2D eigenvalue weighted by Gasteiger charge is 2.21. The molecular weight excluding hydrogens is 426 g/mol. The molecule has 164 valence electrons. The van der Waals surface area contributed by atoms with Crippen molar-refractivity contribution >= 4 is 49.5 Å². The zero-order chi connectivity index (χ0) is 23.0. The minimum Gasteiger partial charge on any atom is -0.462 e. The van der Waals surface area contributed by atoms with Gasteiger partial charge in [-0.05, 0) is 57.0 Å². The van der Waals surface area contributed by atoms with Crippen LogP contribution in [0.2, 0.25) is 0 Å². The molecule has 8 heteroatoms. The topological polar surface area (TPSA) is 90.3 Å². The number of pyridine rings is 1. The predicted molar refractivity (Wildman–Crippen MR) is 127 cm³/mol. The first-order valence-electron chi connectivity index (χ1n) is 10.3. The molecule has 4 aromatic rings. The Morgan fingerprint density at radius 2 is 1.94 bits per heavy atom. The van der Waals surface area contributed by atoms with Gasteiger partial charge in [0.25, 0.3) is 5.56 Å². The second-order valence-electron chi connectivity index (χ2n) is 7.59. The summed E-state index contributed by atoms with van der Waals surface area (Å²) in [6.07, 6.45) is 0. The molecule has 7 nitrogen and oxygen atoms in total. The number of nitrogens with zero attached hydrogens (tertiary/aromatic N) is 2. The molecule has 1 N–H and O–H groups in total. The van der Waals surface area contributed by atoms with Crippen molar-refractivity contribution in [2.24, 2.45) is 0 Å². The van der Waals surface area contributed by atoms with E-state index in [-0.39, 0.29) is 11.5 Å². The molecule has 1 unspecified atom stereocenters. The Hall–Kier alpha value is -3.52. The van der Waals surface area contributed by atoms with Crippen LogP contribution in [0, 0.1) is 13.8 Å². The maximum absolute atomic E-state index is 13.1. The van der Waals surface area contributed by atoms with Crippen LogP contribution in [0.3, 0.4) is 0 Å². The van der Waals surface area contributed by atoms with Crippen molar-refractivity contribution in [1.82, 2.24) is 9.55 Å². The van der Waals surface area contributed by atoms with Crippen LogP contribution in [0.25, 0.3) is 21.1 Å². The SMILES string of the molecule is CCOC(=O)c1ccc2nc(NC(=O)C(C)n3c(=O)cc(C)c4cccc(C)c43)sc2c1. The van der Waals surface area contributed by atoms with Gasteiger partial charge in [0, 0.05) is 11.5 Å². The van der Waals surface area contributed by atoms with Crippen molar-refractivity contribution in [2.45, 2.75) is 33.7 Å². The number of aromatic nitrogens is 2. The Kier molecular flexibility index (Phi) is 5.80. The van der Waals surface area contributed by atoms with Crippen LogP contribution in [0.4, 0.5) is 5.13 Å². The average molecular weight is 450 g/mol. The quantitative estimate of drug-likeness (QED) is 0.450. The highest BCUT2D eigenvalue weighted by molar-refractivity contribution is 7.22. The van der Waals surface area contributed by atoms with Gasteiger partial charge in [0.2, 0.25) is 5.91 Å². The minimum atomic E-state index is -0.742.